The van der Waals surface area contributed by atoms with Gasteiger partial charge >= 0.3 is 0 Å². The van der Waals surface area contributed by atoms with Crippen molar-refractivity contribution in [2.24, 2.45) is 23.5 Å². The highest BCUT2D eigenvalue weighted by Gasteiger charge is 2.48. The van der Waals surface area contributed by atoms with Crippen molar-refractivity contribution in [3.63, 3.8) is 0 Å². The molecule has 0 aromatic rings. The van der Waals surface area contributed by atoms with Crippen molar-refractivity contribution in [3.8, 4) is 0 Å². The van der Waals surface area contributed by atoms with Crippen LogP contribution in [0, 0.1) is 17.8 Å². The highest BCUT2D eigenvalue weighted by atomic mass is 16.2. The Hall–Kier alpha value is -0.570. The molecule has 3 unspecified atom stereocenters. The van der Waals surface area contributed by atoms with Gasteiger partial charge in [0.25, 0.3) is 0 Å². The molecule has 2 saturated carbocycles. The molecule has 15 heavy (non-hydrogen) atoms. The zero-order valence-corrected chi connectivity index (χ0v) is 9.75. The number of rotatable bonds is 4. The summed E-state index contributed by atoms with van der Waals surface area (Å²) in [6.07, 6.45) is 4.49. The van der Waals surface area contributed by atoms with Crippen LogP contribution in [0.2, 0.25) is 0 Å². The van der Waals surface area contributed by atoms with Crippen molar-refractivity contribution in [1.29, 1.82) is 0 Å². The Kier molecular flexibility index (Phi) is 2.75. The van der Waals surface area contributed by atoms with Crippen LogP contribution in [0.3, 0.4) is 0 Å². The van der Waals surface area contributed by atoms with Crippen molar-refractivity contribution in [2.45, 2.75) is 45.1 Å². The quantitative estimate of drug-likeness (QED) is 0.734. The molecule has 1 amide bonds. The van der Waals surface area contributed by atoms with Gasteiger partial charge in [0.2, 0.25) is 5.91 Å². The number of nitrogens with two attached hydrogens (primary N) is 1. The number of amides is 1. The monoisotopic (exact) mass is 210 g/mol. The third-order valence-electron chi connectivity index (χ3n) is 4.27. The molecule has 0 aromatic carbocycles. The Bertz CT molecular complexity index is 250. The zero-order chi connectivity index (χ0) is 11.1. The molecule has 0 bridgehead atoms. The van der Waals surface area contributed by atoms with E-state index in [9.17, 15) is 4.79 Å². The van der Waals surface area contributed by atoms with Gasteiger partial charge in [0.15, 0.2) is 0 Å². The number of hydrogen-bond acceptors (Lipinski definition) is 2. The van der Waals surface area contributed by atoms with Crippen LogP contribution < -0.4 is 11.1 Å². The predicted octanol–water partition coefficient (Wildman–Crippen LogP) is 1.28. The lowest BCUT2D eigenvalue weighted by atomic mass is 9.96. The van der Waals surface area contributed by atoms with E-state index >= 15 is 0 Å². The number of fused-ring (bicyclic) bond motifs is 1. The van der Waals surface area contributed by atoms with Gasteiger partial charge in [-0.3, -0.25) is 4.79 Å². The van der Waals surface area contributed by atoms with Crippen LogP contribution in [0.25, 0.3) is 0 Å². The molecule has 86 valence electrons. The molecule has 2 aliphatic rings. The van der Waals surface area contributed by atoms with Crippen LogP contribution in [0.15, 0.2) is 0 Å². The SMILES string of the molecule is CCC(C)(CN)NC(=O)C1CC2CC2C1. The van der Waals surface area contributed by atoms with Crippen molar-refractivity contribution >= 4 is 5.91 Å². The van der Waals surface area contributed by atoms with E-state index in [2.05, 4.69) is 12.2 Å². The lowest BCUT2D eigenvalue weighted by molar-refractivity contribution is -0.126. The van der Waals surface area contributed by atoms with E-state index in [0.29, 0.717) is 6.54 Å². The fourth-order valence-electron chi connectivity index (χ4n) is 2.61. The summed E-state index contributed by atoms with van der Waals surface area (Å²) in [7, 11) is 0. The van der Waals surface area contributed by atoms with Gasteiger partial charge in [0.1, 0.15) is 0 Å². The number of carbonyl (C=O) groups is 1. The van der Waals surface area contributed by atoms with Gasteiger partial charge in [-0.1, -0.05) is 6.92 Å². The first-order chi connectivity index (χ1) is 7.08. The normalized spacial score (nSPS) is 36.9. The molecule has 0 aliphatic heterocycles. The molecule has 2 aliphatic carbocycles. The van der Waals surface area contributed by atoms with Crippen molar-refractivity contribution in [3.05, 3.63) is 0 Å². The number of nitrogens with one attached hydrogen (secondary N) is 1. The standard InChI is InChI=1S/C12H22N2O/c1-3-12(2,7-13)14-11(15)10-5-8-4-9(8)6-10/h8-10H,3-7,13H2,1-2H3,(H,14,15). The average Bonchev–Trinajstić information content (AvgIpc) is 2.85. The summed E-state index contributed by atoms with van der Waals surface area (Å²) in [6, 6.07) is 0. The highest BCUT2D eigenvalue weighted by molar-refractivity contribution is 5.80. The average molecular weight is 210 g/mol. The molecule has 3 atom stereocenters. The molecule has 3 N–H and O–H groups in total. The van der Waals surface area contributed by atoms with Crippen LogP contribution >= 0.6 is 0 Å². The van der Waals surface area contributed by atoms with Crippen LogP contribution in [0.4, 0.5) is 0 Å². The van der Waals surface area contributed by atoms with Gasteiger partial charge in [0.05, 0.1) is 0 Å². The summed E-state index contributed by atoms with van der Waals surface area (Å²) in [5.41, 5.74) is 5.48. The topological polar surface area (TPSA) is 55.1 Å². The molecule has 2 rings (SSSR count). The zero-order valence-electron chi connectivity index (χ0n) is 9.75. The second-order valence-electron chi connectivity index (χ2n) is 5.53. The molecule has 0 spiro atoms. The Morgan fingerprint density at radius 2 is 2.00 bits per heavy atom. The van der Waals surface area contributed by atoms with E-state index < -0.39 is 0 Å². The summed E-state index contributed by atoms with van der Waals surface area (Å²) < 4.78 is 0. The third-order valence-corrected chi connectivity index (χ3v) is 4.27. The van der Waals surface area contributed by atoms with Gasteiger partial charge in [-0.25, -0.2) is 0 Å². The van der Waals surface area contributed by atoms with Crippen LogP contribution in [-0.4, -0.2) is 18.0 Å². The summed E-state index contributed by atoms with van der Waals surface area (Å²) in [5.74, 6) is 2.24. The van der Waals surface area contributed by atoms with Gasteiger partial charge in [-0.15, -0.1) is 0 Å². The summed E-state index contributed by atoms with van der Waals surface area (Å²) >= 11 is 0. The minimum Gasteiger partial charge on any atom is -0.349 e. The Balaban J connectivity index is 1.86. The fraction of sp³-hybridized carbons (Fsp3) is 0.917. The molecule has 3 heteroatoms. The third kappa shape index (κ3) is 2.17. The second kappa shape index (κ2) is 3.78. The van der Waals surface area contributed by atoms with Crippen LogP contribution in [-0.2, 0) is 4.79 Å². The minimum absolute atomic E-state index is 0.205. The summed E-state index contributed by atoms with van der Waals surface area (Å²) in [5, 5.41) is 3.11. The van der Waals surface area contributed by atoms with Crippen LogP contribution in [0.5, 0.6) is 0 Å². The first kappa shape index (κ1) is 10.9. The summed E-state index contributed by atoms with van der Waals surface area (Å²) in [4.78, 5) is 12.0. The molecule has 3 nitrogen and oxygen atoms in total. The van der Waals surface area contributed by atoms with Crippen molar-refractivity contribution in [1.82, 2.24) is 5.32 Å². The summed E-state index contributed by atoms with van der Waals surface area (Å²) in [6.45, 7) is 4.62. The fourth-order valence-corrected chi connectivity index (χ4v) is 2.61. The van der Waals surface area contributed by atoms with Crippen molar-refractivity contribution < 1.29 is 4.79 Å². The van der Waals surface area contributed by atoms with Crippen molar-refractivity contribution in [2.75, 3.05) is 6.54 Å². The minimum atomic E-state index is -0.205. The highest BCUT2D eigenvalue weighted by Crippen LogP contribution is 2.54. The molecule has 0 heterocycles. The maximum absolute atomic E-state index is 12.0. The smallest absolute Gasteiger partial charge is 0.223 e. The van der Waals surface area contributed by atoms with E-state index in [1.54, 1.807) is 0 Å². The van der Waals surface area contributed by atoms with Gasteiger partial charge < -0.3 is 11.1 Å². The number of carbonyl (C=O) groups excluding carboxylic acids is 1. The second-order valence-corrected chi connectivity index (χ2v) is 5.53. The number of hydrogen-bond donors (Lipinski definition) is 2. The van der Waals surface area contributed by atoms with Gasteiger partial charge in [-0.2, -0.15) is 0 Å². The van der Waals surface area contributed by atoms with E-state index in [1.807, 2.05) is 6.92 Å². The Morgan fingerprint density at radius 1 is 1.40 bits per heavy atom. The van der Waals surface area contributed by atoms with E-state index in [0.717, 1.165) is 31.1 Å². The molecule has 0 aromatic heterocycles. The molecule has 0 radical (unpaired) electrons. The first-order valence-corrected chi connectivity index (χ1v) is 6.10. The van der Waals surface area contributed by atoms with Gasteiger partial charge in [-0.05, 0) is 44.4 Å². The maximum Gasteiger partial charge on any atom is 0.223 e. The molecule has 0 saturated heterocycles. The predicted molar refractivity (Wildman–Crippen MR) is 60.2 cm³/mol. The van der Waals surface area contributed by atoms with E-state index in [4.69, 9.17) is 5.73 Å². The largest absolute Gasteiger partial charge is 0.349 e. The Labute approximate surface area is 91.8 Å². The Morgan fingerprint density at radius 3 is 2.47 bits per heavy atom. The van der Waals surface area contributed by atoms with Gasteiger partial charge in [0, 0.05) is 18.0 Å². The lowest BCUT2D eigenvalue weighted by Gasteiger charge is -2.29. The molecule has 2 fully saturated rings. The van der Waals surface area contributed by atoms with E-state index in [1.165, 1.54) is 6.42 Å². The molecular weight excluding hydrogens is 188 g/mol. The first-order valence-electron chi connectivity index (χ1n) is 6.10. The lowest BCUT2D eigenvalue weighted by Crippen LogP contribution is -2.52. The van der Waals surface area contributed by atoms with Crippen LogP contribution in [0.1, 0.15) is 39.5 Å². The maximum atomic E-state index is 12.0. The van der Waals surface area contributed by atoms with E-state index in [-0.39, 0.29) is 17.4 Å². The molecular formula is C12H22N2O.